The molecule has 2 rings (SSSR count). The van der Waals surface area contributed by atoms with Gasteiger partial charge in [-0.15, -0.1) is 0 Å². The summed E-state index contributed by atoms with van der Waals surface area (Å²) in [7, 11) is -3.79. The Balaban J connectivity index is 1.71. The van der Waals surface area contributed by atoms with Crippen molar-refractivity contribution >= 4 is 10.1 Å². The summed E-state index contributed by atoms with van der Waals surface area (Å²) in [5.74, 6) is 0. The third-order valence-corrected chi connectivity index (χ3v) is 4.74. The van der Waals surface area contributed by atoms with Gasteiger partial charge in [-0.05, 0) is 31.9 Å². The Morgan fingerprint density at radius 1 is 1.33 bits per heavy atom. The molecule has 0 saturated carbocycles. The van der Waals surface area contributed by atoms with E-state index in [2.05, 4.69) is 0 Å². The smallest absolute Gasteiger partial charge is 0.297 e. The number of epoxide rings is 1. The van der Waals surface area contributed by atoms with E-state index >= 15 is 0 Å². The third kappa shape index (κ3) is 5.74. The monoisotopic (exact) mass is 314 g/mol. The maximum atomic E-state index is 11.9. The second-order valence-corrected chi connectivity index (χ2v) is 7.06. The highest BCUT2D eigenvalue weighted by Crippen LogP contribution is 2.18. The van der Waals surface area contributed by atoms with Crippen LogP contribution in [0.3, 0.4) is 0 Å². The van der Waals surface area contributed by atoms with Crippen LogP contribution in [0.15, 0.2) is 29.2 Å². The largest absolute Gasteiger partial charge is 0.391 e. The highest BCUT2D eigenvalue weighted by atomic mass is 32.2. The summed E-state index contributed by atoms with van der Waals surface area (Å²) in [5, 5.41) is 9.76. The van der Waals surface area contributed by atoms with Gasteiger partial charge in [0, 0.05) is 0 Å². The zero-order valence-electron chi connectivity index (χ0n) is 12.2. The topological polar surface area (TPSA) is 76.1 Å². The molecule has 1 saturated heterocycles. The van der Waals surface area contributed by atoms with Gasteiger partial charge in [0.25, 0.3) is 10.1 Å². The maximum Gasteiger partial charge on any atom is 0.297 e. The van der Waals surface area contributed by atoms with Crippen LogP contribution in [0.25, 0.3) is 0 Å². The molecule has 5 nitrogen and oxygen atoms in total. The van der Waals surface area contributed by atoms with Gasteiger partial charge in [0.05, 0.1) is 30.3 Å². The summed E-state index contributed by atoms with van der Waals surface area (Å²) in [6, 6.07) is 6.44. The van der Waals surface area contributed by atoms with Crippen molar-refractivity contribution in [2.75, 3.05) is 13.2 Å². The molecule has 1 fully saturated rings. The molecule has 2 atom stereocenters. The third-order valence-electron chi connectivity index (χ3n) is 3.44. The van der Waals surface area contributed by atoms with Crippen LogP contribution in [0.4, 0.5) is 0 Å². The number of rotatable bonds is 9. The van der Waals surface area contributed by atoms with Crippen LogP contribution in [-0.4, -0.2) is 38.9 Å². The molecule has 0 amide bonds. The SMILES string of the molecule is Cc1ccc(S(=O)(=O)OC[C@@H](O)CCCC[C@@H]2CO2)cc1. The van der Waals surface area contributed by atoms with Crippen LogP contribution in [0.2, 0.25) is 0 Å². The number of aryl methyl sites for hydroxylation is 1. The molecule has 0 aromatic heterocycles. The molecular formula is C15H22O5S. The first kappa shape index (κ1) is 16.4. The lowest BCUT2D eigenvalue weighted by molar-refractivity contribution is 0.100. The van der Waals surface area contributed by atoms with Crippen molar-refractivity contribution in [1.29, 1.82) is 0 Å². The number of benzene rings is 1. The van der Waals surface area contributed by atoms with E-state index in [0.717, 1.165) is 31.4 Å². The van der Waals surface area contributed by atoms with Gasteiger partial charge in [0.2, 0.25) is 0 Å². The highest BCUT2D eigenvalue weighted by molar-refractivity contribution is 7.86. The number of unbranched alkanes of at least 4 members (excludes halogenated alkanes) is 1. The van der Waals surface area contributed by atoms with E-state index in [4.69, 9.17) is 8.92 Å². The molecule has 1 N–H and O–H groups in total. The minimum Gasteiger partial charge on any atom is -0.391 e. The fraction of sp³-hybridized carbons (Fsp3) is 0.600. The van der Waals surface area contributed by atoms with E-state index in [9.17, 15) is 13.5 Å². The van der Waals surface area contributed by atoms with Crippen molar-refractivity contribution in [3.63, 3.8) is 0 Å². The summed E-state index contributed by atoms with van der Waals surface area (Å²) in [4.78, 5) is 0.117. The number of aliphatic hydroxyl groups excluding tert-OH is 1. The van der Waals surface area contributed by atoms with Crippen molar-refractivity contribution in [3.05, 3.63) is 29.8 Å². The summed E-state index contributed by atoms with van der Waals surface area (Å²) < 4.78 is 33.9. The average Bonchev–Trinajstić information content (AvgIpc) is 3.26. The molecule has 118 valence electrons. The van der Waals surface area contributed by atoms with Gasteiger partial charge in [-0.3, -0.25) is 4.18 Å². The molecule has 0 bridgehead atoms. The van der Waals surface area contributed by atoms with Gasteiger partial charge in [0.15, 0.2) is 0 Å². The Morgan fingerprint density at radius 3 is 2.62 bits per heavy atom. The molecule has 0 radical (unpaired) electrons. The first-order valence-electron chi connectivity index (χ1n) is 7.23. The standard InChI is InChI=1S/C15H22O5S/c1-12-6-8-15(9-7-12)21(17,18)20-10-13(16)4-2-3-5-14-11-19-14/h6-9,13-14,16H,2-5,10-11H2,1H3/t13-,14+/m0/s1. The molecule has 6 heteroatoms. The van der Waals surface area contributed by atoms with Gasteiger partial charge in [-0.1, -0.05) is 30.5 Å². The van der Waals surface area contributed by atoms with Crippen molar-refractivity contribution in [2.24, 2.45) is 0 Å². The normalized spacial score (nSPS) is 19.4. The summed E-state index contributed by atoms with van der Waals surface area (Å²) in [5.41, 5.74) is 0.980. The highest BCUT2D eigenvalue weighted by Gasteiger charge is 2.21. The molecule has 21 heavy (non-hydrogen) atoms. The zero-order chi connectivity index (χ0) is 15.3. The zero-order valence-corrected chi connectivity index (χ0v) is 13.0. The van der Waals surface area contributed by atoms with Gasteiger partial charge >= 0.3 is 0 Å². The predicted molar refractivity (Wildman–Crippen MR) is 78.5 cm³/mol. The molecule has 1 heterocycles. The summed E-state index contributed by atoms with van der Waals surface area (Å²) in [6.07, 6.45) is 3.01. The van der Waals surface area contributed by atoms with E-state index in [1.807, 2.05) is 6.92 Å². The Hall–Kier alpha value is -0.950. The number of hydrogen-bond donors (Lipinski definition) is 1. The van der Waals surface area contributed by atoms with E-state index in [-0.39, 0.29) is 11.5 Å². The van der Waals surface area contributed by atoms with E-state index in [1.165, 1.54) is 12.1 Å². The van der Waals surface area contributed by atoms with Crippen LogP contribution in [0, 0.1) is 6.92 Å². The van der Waals surface area contributed by atoms with Crippen LogP contribution < -0.4 is 0 Å². The fourth-order valence-electron chi connectivity index (χ4n) is 2.01. The van der Waals surface area contributed by atoms with Crippen molar-refractivity contribution in [1.82, 2.24) is 0 Å². The number of ether oxygens (including phenoxy) is 1. The van der Waals surface area contributed by atoms with Crippen molar-refractivity contribution < 1.29 is 22.4 Å². The maximum absolute atomic E-state index is 11.9. The lowest BCUT2D eigenvalue weighted by Gasteiger charge is -2.11. The van der Waals surface area contributed by atoms with E-state index < -0.39 is 16.2 Å². The van der Waals surface area contributed by atoms with Gasteiger partial charge < -0.3 is 9.84 Å². The van der Waals surface area contributed by atoms with Crippen LogP contribution in [0.1, 0.15) is 31.2 Å². The quantitative estimate of drug-likeness (QED) is 0.429. The molecule has 1 aliphatic rings. The van der Waals surface area contributed by atoms with E-state index in [0.29, 0.717) is 12.5 Å². The lowest BCUT2D eigenvalue weighted by Crippen LogP contribution is -2.19. The number of hydrogen-bond acceptors (Lipinski definition) is 5. The van der Waals surface area contributed by atoms with Crippen LogP contribution in [0.5, 0.6) is 0 Å². The molecule has 1 aromatic carbocycles. The molecule has 1 aliphatic heterocycles. The lowest BCUT2D eigenvalue weighted by atomic mass is 10.1. The minimum absolute atomic E-state index is 0.117. The first-order valence-corrected chi connectivity index (χ1v) is 8.64. The first-order chi connectivity index (χ1) is 9.97. The Labute approximate surface area is 126 Å². The Kier molecular flexibility index (Phi) is 5.75. The van der Waals surface area contributed by atoms with Gasteiger partial charge in [-0.25, -0.2) is 0 Å². The van der Waals surface area contributed by atoms with Gasteiger partial charge in [0.1, 0.15) is 0 Å². The minimum atomic E-state index is -3.79. The molecule has 1 aromatic rings. The van der Waals surface area contributed by atoms with Crippen molar-refractivity contribution in [2.45, 2.75) is 49.7 Å². The molecule has 0 aliphatic carbocycles. The Bertz CT molecular complexity index is 534. The molecular weight excluding hydrogens is 292 g/mol. The van der Waals surface area contributed by atoms with Crippen molar-refractivity contribution in [3.8, 4) is 0 Å². The predicted octanol–water partition coefficient (Wildman–Crippen LogP) is 2.02. The van der Waals surface area contributed by atoms with Crippen LogP contribution in [-0.2, 0) is 19.0 Å². The summed E-state index contributed by atoms with van der Waals surface area (Å²) in [6.45, 7) is 2.53. The second kappa shape index (κ2) is 7.35. The molecule has 0 spiro atoms. The van der Waals surface area contributed by atoms with E-state index in [1.54, 1.807) is 12.1 Å². The van der Waals surface area contributed by atoms with Gasteiger partial charge in [-0.2, -0.15) is 8.42 Å². The van der Waals surface area contributed by atoms with Crippen LogP contribution >= 0.6 is 0 Å². The Morgan fingerprint density at radius 2 is 2.00 bits per heavy atom. The number of aliphatic hydroxyl groups is 1. The molecule has 0 unspecified atom stereocenters. The second-order valence-electron chi connectivity index (χ2n) is 5.45. The fourth-order valence-corrected chi connectivity index (χ4v) is 2.95. The average molecular weight is 314 g/mol. The summed E-state index contributed by atoms with van der Waals surface area (Å²) >= 11 is 0.